The molecule has 0 amide bonds. The van der Waals surface area contributed by atoms with Crippen LogP contribution in [-0.4, -0.2) is 9.97 Å². The third-order valence-corrected chi connectivity index (χ3v) is 11.6. The SMILES string of the molecule is C1=CC2=c3/cc4ccccc4c/c3=C3\CCC4=C(CCC(c5cccc(-c6nc7c([nH]6)CCC=C7)c5)=C4)\C3=C3\CCCC\C3=C\2CC1. The molecule has 0 bridgehead atoms. The second kappa shape index (κ2) is 10.9. The summed E-state index contributed by atoms with van der Waals surface area (Å²) in [6, 6.07) is 23.1. The van der Waals surface area contributed by atoms with Crippen molar-refractivity contribution in [3.63, 3.8) is 0 Å². The lowest BCUT2D eigenvalue weighted by molar-refractivity contribution is 0.665. The Morgan fingerprint density at radius 1 is 0.574 bits per heavy atom. The molecule has 4 aromatic rings. The molecular formula is C45H40N2. The Balaban J connectivity index is 1.16. The molecule has 0 saturated heterocycles. The molecule has 1 saturated carbocycles. The van der Waals surface area contributed by atoms with Crippen molar-refractivity contribution in [3.05, 3.63) is 146 Å². The van der Waals surface area contributed by atoms with Crippen molar-refractivity contribution >= 4 is 33.6 Å². The van der Waals surface area contributed by atoms with Gasteiger partial charge in [-0.3, -0.25) is 0 Å². The van der Waals surface area contributed by atoms with Crippen LogP contribution >= 0.6 is 0 Å². The monoisotopic (exact) mass is 608 g/mol. The van der Waals surface area contributed by atoms with Crippen LogP contribution in [-0.2, 0) is 6.42 Å². The quantitative estimate of drug-likeness (QED) is 0.241. The van der Waals surface area contributed by atoms with Gasteiger partial charge in [0, 0.05) is 11.3 Å². The predicted octanol–water partition coefficient (Wildman–Crippen LogP) is 9.99. The lowest BCUT2D eigenvalue weighted by Gasteiger charge is -2.35. The summed E-state index contributed by atoms with van der Waals surface area (Å²) >= 11 is 0. The molecular weight excluding hydrogens is 569 g/mol. The van der Waals surface area contributed by atoms with Crippen LogP contribution in [0.5, 0.6) is 0 Å². The van der Waals surface area contributed by atoms with E-state index in [1.54, 1.807) is 39.0 Å². The minimum Gasteiger partial charge on any atom is -0.341 e. The summed E-state index contributed by atoms with van der Waals surface area (Å²) in [5.74, 6) is 0.996. The number of aromatic nitrogens is 2. The summed E-state index contributed by atoms with van der Waals surface area (Å²) in [4.78, 5) is 8.57. The van der Waals surface area contributed by atoms with Gasteiger partial charge in [-0.05, 0) is 178 Å². The van der Waals surface area contributed by atoms with Crippen molar-refractivity contribution in [3.8, 4) is 11.4 Å². The number of nitrogens with one attached hydrogen (secondary N) is 1. The van der Waals surface area contributed by atoms with Crippen LogP contribution in [0, 0.1) is 0 Å². The van der Waals surface area contributed by atoms with Crippen LogP contribution < -0.4 is 10.4 Å². The second-order valence-corrected chi connectivity index (χ2v) is 14.2. The molecule has 1 fully saturated rings. The Labute approximate surface area is 277 Å². The number of hydrogen-bond acceptors (Lipinski definition) is 1. The number of allylic oxidation sites excluding steroid dienone is 11. The molecule has 0 radical (unpaired) electrons. The molecule has 1 aromatic heterocycles. The van der Waals surface area contributed by atoms with E-state index in [2.05, 4.69) is 96.0 Å². The number of nitrogens with zero attached hydrogens (tertiary/aromatic N) is 1. The van der Waals surface area contributed by atoms with Gasteiger partial charge in [-0.25, -0.2) is 4.98 Å². The first-order chi connectivity index (χ1) is 23.3. The van der Waals surface area contributed by atoms with Crippen molar-refractivity contribution in [2.75, 3.05) is 0 Å². The van der Waals surface area contributed by atoms with E-state index in [0.717, 1.165) is 56.5 Å². The van der Waals surface area contributed by atoms with Crippen LogP contribution in [0.25, 0.3) is 45.0 Å². The third-order valence-electron chi connectivity index (χ3n) is 11.6. The molecule has 2 nitrogen and oxygen atoms in total. The van der Waals surface area contributed by atoms with E-state index in [4.69, 9.17) is 4.98 Å². The summed E-state index contributed by atoms with van der Waals surface area (Å²) in [7, 11) is 0. The maximum atomic E-state index is 4.95. The Morgan fingerprint density at radius 3 is 2.26 bits per heavy atom. The van der Waals surface area contributed by atoms with Gasteiger partial charge >= 0.3 is 0 Å². The summed E-state index contributed by atoms with van der Waals surface area (Å²) in [5, 5.41) is 5.66. The van der Waals surface area contributed by atoms with Gasteiger partial charge < -0.3 is 4.98 Å². The van der Waals surface area contributed by atoms with E-state index in [1.165, 1.54) is 81.3 Å². The van der Waals surface area contributed by atoms with Gasteiger partial charge in [0.2, 0.25) is 0 Å². The number of benzene rings is 3. The lowest BCUT2D eigenvalue weighted by atomic mass is 9.69. The first-order valence-electron chi connectivity index (χ1n) is 18.0. The Hall–Kier alpha value is -4.69. The summed E-state index contributed by atoms with van der Waals surface area (Å²) in [6.45, 7) is 0. The number of hydrogen-bond donors (Lipinski definition) is 1. The normalized spacial score (nSPS) is 25.6. The predicted molar refractivity (Wildman–Crippen MR) is 196 cm³/mol. The van der Waals surface area contributed by atoms with E-state index in [1.807, 2.05) is 0 Å². The number of fused-ring (bicyclic) bond motifs is 7. The van der Waals surface area contributed by atoms with Gasteiger partial charge in [0.25, 0.3) is 0 Å². The highest BCUT2D eigenvalue weighted by molar-refractivity contribution is 5.90. The fraction of sp³-hybridized carbons (Fsp3) is 0.267. The van der Waals surface area contributed by atoms with Gasteiger partial charge in [0.1, 0.15) is 5.82 Å². The number of imidazole rings is 1. The minimum absolute atomic E-state index is 0.996. The van der Waals surface area contributed by atoms with E-state index in [9.17, 15) is 0 Å². The maximum Gasteiger partial charge on any atom is 0.138 e. The summed E-state index contributed by atoms with van der Waals surface area (Å²) in [5.41, 5.74) is 19.3. The second-order valence-electron chi connectivity index (χ2n) is 14.2. The van der Waals surface area contributed by atoms with Gasteiger partial charge in [0.15, 0.2) is 0 Å². The molecule has 6 aliphatic carbocycles. The average Bonchev–Trinajstić information content (AvgIpc) is 3.58. The van der Waals surface area contributed by atoms with E-state index < -0.39 is 0 Å². The number of aromatic amines is 1. The first kappa shape index (κ1) is 27.4. The minimum atomic E-state index is 0.996. The van der Waals surface area contributed by atoms with E-state index >= 15 is 0 Å². The Morgan fingerprint density at radius 2 is 1.36 bits per heavy atom. The highest BCUT2D eigenvalue weighted by Gasteiger charge is 2.32. The highest BCUT2D eigenvalue weighted by atomic mass is 14.9. The first-order valence-corrected chi connectivity index (χ1v) is 18.0. The van der Waals surface area contributed by atoms with Crippen molar-refractivity contribution in [1.82, 2.24) is 9.97 Å². The Kier molecular flexibility index (Phi) is 6.39. The summed E-state index contributed by atoms with van der Waals surface area (Å²) in [6.07, 6.45) is 25.8. The molecule has 230 valence electrons. The zero-order valence-electron chi connectivity index (χ0n) is 27.1. The van der Waals surface area contributed by atoms with Crippen molar-refractivity contribution < 1.29 is 0 Å². The van der Waals surface area contributed by atoms with Crippen LogP contribution in [0.15, 0.2) is 118 Å². The van der Waals surface area contributed by atoms with Crippen LogP contribution in [0.2, 0.25) is 0 Å². The molecule has 47 heavy (non-hydrogen) atoms. The largest absolute Gasteiger partial charge is 0.341 e. The van der Waals surface area contributed by atoms with Crippen LogP contribution in [0.4, 0.5) is 0 Å². The molecule has 2 heteroatoms. The van der Waals surface area contributed by atoms with Crippen molar-refractivity contribution in [1.29, 1.82) is 0 Å². The fourth-order valence-corrected chi connectivity index (χ4v) is 9.36. The number of aryl methyl sites for hydroxylation is 1. The van der Waals surface area contributed by atoms with Gasteiger partial charge in [-0.1, -0.05) is 66.8 Å². The standard InChI is InChI=1S/C45H40N2/c1-2-11-30-27-41-39-23-21-32-24-31(28-12-9-13-33(25-28)45-46-42-18-7-8-19-43(42)47-45)20-22-34(32)44(39)38-17-6-5-15-36(38)35-14-3-4-16-37(35)40(41)26-29(30)10-1/h1-2,4,7,9-13,16,18,24-27H,3,5-6,8,14-15,17,19-23H2,(H,46,47)/b36-35-,40-37+,41-39-,44-38+. The topological polar surface area (TPSA) is 28.7 Å². The van der Waals surface area contributed by atoms with E-state index in [0.29, 0.717) is 0 Å². The Bertz CT molecular complexity index is 2340. The fourth-order valence-electron chi connectivity index (χ4n) is 9.36. The lowest BCUT2D eigenvalue weighted by Crippen LogP contribution is -2.33. The summed E-state index contributed by atoms with van der Waals surface area (Å²) < 4.78 is 0. The molecule has 0 aliphatic heterocycles. The molecule has 0 unspecified atom stereocenters. The molecule has 3 aromatic carbocycles. The zero-order valence-corrected chi connectivity index (χ0v) is 27.1. The molecule has 1 heterocycles. The maximum absolute atomic E-state index is 4.95. The molecule has 1 N–H and O–H groups in total. The zero-order chi connectivity index (χ0) is 30.9. The highest BCUT2D eigenvalue weighted by Crippen LogP contribution is 2.49. The molecule has 6 aliphatic rings. The number of H-pyrrole nitrogens is 1. The molecule has 0 spiro atoms. The van der Waals surface area contributed by atoms with Gasteiger partial charge in [-0.15, -0.1) is 0 Å². The smallest absolute Gasteiger partial charge is 0.138 e. The van der Waals surface area contributed by atoms with Crippen molar-refractivity contribution in [2.24, 2.45) is 0 Å². The molecule has 10 rings (SSSR count). The number of rotatable bonds is 2. The van der Waals surface area contributed by atoms with E-state index in [-0.39, 0.29) is 0 Å². The van der Waals surface area contributed by atoms with Gasteiger partial charge in [0.05, 0.1) is 5.69 Å². The average molecular weight is 609 g/mol. The third kappa shape index (κ3) is 4.48. The molecule has 0 atom stereocenters. The van der Waals surface area contributed by atoms with Crippen LogP contribution in [0.3, 0.4) is 0 Å². The van der Waals surface area contributed by atoms with Gasteiger partial charge in [-0.2, -0.15) is 0 Å². The van der Waals surface area contributed by atoms with Crippen LogP contribution in [0.1, 0.15) is 87.6 Å². The van der Waals surface area contributed by atoms with Crippen molar-refractivity contribution in [2.45, 2.75) is 77.0 Å².